The van der Waals surface area contributed by atoms with Crippen molar-refractivity contribution < 1.29 is 14.4 Å². The Balaban J connectivity index is 3.20. The van der Waals surface area contributed by atoms with Crippen molar-refractivity contribution in [3.8, 4) is 0 Å². The van der Waals surface area contributed by atoms with E-state index in [0.717, 1.165) is 6.42 Å². The van der Waals surface area contributed by atoms with Crippen LogP contribution < -0.4 is 10.6 Å². The highest BCUT2D eigenvalue weighted by atomic mass is 16.2. The molecule has 5 heteroatoms. The summed E-state index contributed by atoms with van der Waals surface area (Å²) >= 11 is 0. The fourth-order valence-corrected chi connectivity index (χ4v) is 1.99. The number of carbonyl (C=O) groups excluding carboxylic acids is 3. The summed E-state index contributed by atoms with van der Waals surface area (Å²) in [6, 6.07) is -0.747. The maximum absolute atomic E-state index is 11.9. The van der Waals surface area contributed by atoms with Gasteiger partial charge < -0.3 is 0 Å². The molecule has 1 heterocycles. The van der Waals surface area contributed by atoms with E-state index in [0.29, 0.717) is 12.0 Å². The third-order valence-electron chi connectivity index (χ3n) is 2.94. The average Bonchev–Trinajstić information content (AvgIpc) is 2.18. The van der Waals surface area contributed by atoms with E-state index in [1.807, 2.05) is 13.0 Å². The third-order valence-corrected chi connectivity index (χ3v) is 2.94. The van der Waals surface area contributed by atoms with Crippen LogP contribution in [0.5, 0.6) is 0 Å². The summed E-state index contributed by atoms with van der Waals surface area (Å²) in [5, 5.41) is 4.28. The second-order valence-electron chi connectivity index (χ2n) is 3.79. The number of barbiturate groups is 1. The van der Waals surface area contributed by atoms with Crippen molar-refractivity contribution in [1.29, 1.82) is 0 Å². The highest BCUT2D eigenvalue weighted by Gasteiger charge is 2.49. The van der Waals surface area contributed by atoms with Gasteiger partial charge in [-0.25, -0.2) is 4.79 Å². The summed E-state index contributed by atoms with van der Waals surface area (Å²) in [4.78, 5) is 34.7. The van der Waals surface area contributed by atoms with Crippen LogP contribution in [0.1, 0.15) is 33.6 Å². The molecule has 1 aliphatic rings. The van der Waals surface area contributed by atoms with Gasteiger partial charge in [-0.1, -0.05) is 25.5 Å². The van der Waals surface area contributed by atoms with Crippen molar-refractivity contribution in [2.24, 2.45) is 5.41 Å². The lowest BCUT2D eigenvalue weighted by molar-refractivity contribution is -0.141. The van der Waals surface area contributed by atoms with Crippen LogP contribution in [0.15, 0.2) is 11.6 Å². The average molecular weight is 224 g/mol. The van der Waals surface area contributed by atoms with Crippen molar-refractivity contribution in [1.82, 2.24) is 10.6 Å². The summed E-state index contributed by atoms with van der Waals surface area (Å²) in [7, 11) is 0. The molecule has 0 aliphatic carbocycles. The van der Waals surface area contributed by atoms with E-state index in [-0.39, 0.29) is 0 Å². The Morgan fingerprint density at radius 3 is 2.06 bits per heavy atom. The predicted molar refractivity (Wildman–Crippen MR) is 58.5 cm³/mol. The Morgan fingerprint density at radius 1 is 1.19 bits per heavy atom. The van der Waals surface area contributed by atoms with Gasteiger partial charge in [-0.15, -0.1) is 0 Å². The molecule has 1 fully saturated rings. The van der Waals surface area contributed by atoms with Gasteiger partial charge in [-0.3, -0.25) is 20.2 Å². The highest BCUT2D eigenvalue weighted by Crippen LogP contribution is 2.33. The van der Waals surface area contributed by atoms with Crippen LogP contribution in [-0.4, -0.2) is 17.8 Å². The minimum atomic E-state index is -1.23. The number of rotatable bonds is 3. The summed E-state index contributed by atoms with van der Waals surface area (Å²) in [6.45, 7) is 5.42. The number of hydrogen-bond donors (Lipinski definition) is 2. The molecule has 16 heavy (non-hydrogen) atoms. The third kappa shape index (κ3) is 1.73. The van der Waals surface area contributed by atoms with E-state index < -0.39 is 23.3 Å². The number of imide groups is 2. The number of amides is 4. The van der Waals surface area contributed by atoms with Crippen LogP contribution in [0.2, 0.25) is 0 Å². The van der Waals surface area contributed by atoms with Gasteiger partial charge in [0.25, 0.3) is 0 Å². The number of urea groups is 1. The molecule has 1 saturated heterocycles. The standard InChI is InChI=1S/C11H16N2O3/c1-4-6-7(3)11(5-2)8(14)12-10(16)13-9(11)15/h6H,4-5H2,1-3H3,(H2,12,13,14,15,16)/b7-6+. The quantitative estimate of drug-likeness (QED) is 0.557. The molecule has 0 saturated carbocycles. The first-order valence-electron chi connectivity index (χ1n) is 5.33. The number of hydrogen-bond acceptors (Lipinski definition) is 3. The molecule has 5 nitrogen and oxygen atoms in total. The van der Waals surface area contributed by atoms with E-state index in [1.165, 1.54) is 0 Å². The van der Waals surface area contributed by atoms with Gasteiger partial charge in [-0.2, -0.15) is 0 Å². The lowest BCUT2D eigenvalue weighted by atomic mass is 9.75. The molecule has 0 bridgehead atoms. The molecular formula is C11H16N2O3. The molecular weight excluding hydrogens is 208 g/mol. The maximum Gasteiger partial charge on any atom is 0.328 e. The van der Waals surface area contributed by atoms with Gasteiger partial charge in [0.15, 0.2) is 0 Å². The number of carbonyl (C=O) groups is 3. The van der Waals surface area contributed by atoms with Gasteiger partial charge in [0.05, 0.1) is 0 Å². The molecule has 2 N–H and O–H groups in total. The first-order chi connectivity index (χ1) is 7.48. The monoisotopic (exact) mass is 224 g/mol. The molecule has 0 aromatic rings. The van der Waals surface area contributed by atoms with Crippen LogP contribution in [0.4, 0.5) is 4.79 Å². The zero-order valence-corrected chi connectivity index (χ0v) is 9.72. The largest absolute Gasteiger partial charge is 0.328 e. The van der Waals surface area contributed by atoms with E-state index in [2.05, 4.69) is 10.6 Å². The molecule has 1 aliphatic heterocycles. The smallest absolute Gasteiger partial charge is 0.277 e. The highest BCUT2D eigenvalue weighted by molar-refractivity contribution is 6.20. The first kappa shape index (κ1) is 12.4. The van der Waals surface area contributed by atoms with Gasteiger partial charge >= 0.3 is 6.03 Å². The van der Waals surface area contributed by atoms with Crippen LogP contribution >= 0.6 is 0 Å². The molecule has 0 radical (unpaired) electrons. The predicted octanol–water partition coefficient (Wildman–Crippen LogP) is 1.11. The van der Waals surface area contributed by atoms with E-state index in [4.69, 9.17) is 0 Å². The Hall–Kier alpha value is -1.65. The molecule has 1 rings (SSSR count). The van der Waals surface area contributed by atoms with E-state index in [9.17, 15) is 14.4 Å². The Bertz CT molecular complexity index is 351. The molecule has 0 aromatic carbocycles. The van der Waals surface area contributed by atoms with Crippen molar-refractivity contribution in [3.05, 3.63) is 11.6 Å². The zero-order valence-electron chi connectivity index (χ0n) is 9.72. The van der Waals surface area contributed by atoms with Crippen molar-refractivity contribution in [3.63, 3.8) is 0 Å². The maximum atomic E-state index is 11.9. The number of nitrogens with one attached hydrogen (secondary N) is 2. The van der Waals surface area contributed by atoms with Crippen molar-refractivity contribution >= 4 is 17.8 Å². The van der Waals surface area contributed by atoms with Crippen LogP contribution in [-0.2, 0) is 9.59 Å². The molecule has 0 aromatic heterocycles. The van der Waals surface area contributed by atoms with Gasteiger partial charge in [-0.05, 0) is 19.8 Å². The zero-order chi connectivity index (χ0) is 12.3. The fraction of sp³-hybridized carbons (Fsp3) is 0.545. The minimum absolute atomic E-state index is 0.334. The van der Waals surface area contributed by atoms with Crippen LogP contribution in [0.3, 0.4) is 0 Å². The molecule has 4 amide bonds. The molecule has 88 valence electrons. The Morgan fingerprint density at radius 2 is 1.69 bits per heavy atom. The summed E-state index contributed by atoms with van der Waals surface area (Å²) in [5.74, 6) is -1.07. The molecule has 0 spiro atoms. The normalized spacial score (nSPS) is 20.4. The lowest BCUT2D eigenvalue weighted by Crippen LogP contribution is -2.62. The van der Waals surface area contributed by atoms with Gasteiger partial charge in [0, 0.05) is 0 Å². The molecule has 0 unspecified atom stereocenters. The van der Waals surface area contributed by atoms with Gasteiger partial charge in [0.1, 0.15) is 5.41 Å². The lowest BCUT2D eigenvalue weighted by Gasteiger charge is -2.33. The second-order valence-corrected chi connectivity index (χ2v) is 3.79. The van der Waals surface area contributed by atoms with Crippen molar-refractivity contribution in [2.75, 3.05) is 0 Å². The SMILES string of the molecule is CC/C=C(\C)C1(CC)C(=O)NC(=O)NC1=O. The summed E-state index contributed by atoms with van der Waals surface area (Å²) in [6.07, 6.45) is 2.90. The Labute approximate surface area is 94.3 Å². The van der Waals surface area contributed by atoms with Crippen molar-refractivity contribution in [2.45, 2.75) is 33.6 Å². The number of allylic oxidation sites excluding steroid dienone is 1. The van der Waals surface area contributed by atoms with Crippen LogP contribution in [0, 0.1) is 5.41 Å². The fourth-order valence-electron chi connectivity index (χ4n) is 1.99. The van der Waals surface area contributed by atoms with Crippen LogP contribution in [0.25, 0.3) is 0 Å². The first-order valence-corrected chi connectivity index (χ1v) is 5.33. The van der Waals surface area contributed by atoms with E-state index in [1.54, 1.807) is 13.8 Å². The topological polar surface area (TPSA) is 75.3 Å². The van der Waals surface area contributed by atoms with E-state index >= 15 is 0 Å². The summed E-state index contributed by atoms with van der Waals surface area (Å²) < 4.78 is 0. The Kier molecular flexibility index (Phi) is 3.47. The molecule has 0 atom stereocenters. The summed E-state index contributed by atoms with van der Waals surface area (Å²) in [5.41, 5.74) is -0.552. The van der Waals surface area contributed by atoms with Gasteiger partial charge in [0.2, 0.25) is 11.8 Å². The minimum Gasteiger partial charge on any atom is -0.277 e. The second kappa shape index (κ2) is 4.47.